The van der Waals surface area contributed by atoms with Crippen LogP contribution in [0.25, 0.3) is 0 Å². The first-order valence-electron chi connectivity index (χ1n) is 4.81. The highest BCUT2D eigenvalue weighted by atomic mass is 35.5. The number of rotatable bonds is 4. The van der Waals surface area contributed by atoms with Gasteiger partial charge in [-0.25, -0.2) is 4.79 Å². The molecule has 3 N–H and O–H groups in total. The summed E-state index contributed by atoms with van der Waals surface area (Å²) in [6.07, 6.45) is 0.0644. The molecule has 5 nitrogen and oxygen atoms in total. The van der Waals surface area contributed by atoms with E-state index in [9.17, 15) is 9.59 Å². The van der Waals surface area contributed by atoms with Gasteiger partial charge in [0.25, 0.3) is 0 Å². The number of carbonyl (C=O) groups is 2. The average molecular weight is 258 g/mol. The molecule has 0 unspecified atom stereocenters. The highest BCUT2D eigenvalue weighted by molar-refractivity contribution is 6.33. The van der Waals surface area contributed by atoms with Crippen LogP contribution >= 0.6 is 11.6 Å². The molecule has 0 saturated heterocycles. The van der Waals surface area contributed by atoms with Crippen LogP contribution in [-0.2, 0) is 16.0 Å². The zero-order chi connectivity index (χ0) is 13.0. The maximum absolute atomic E-state index is 11.2. The van der Waals surface area contributed by atoms with Crippen LogP contribution < -0.4 is 5.73 Å². The molecule has 0 aromatic heterocycles. The lowest BCUT2D eigenvalue weighted by molar-refractivity contribution is -0.142. The number of halogens is 1. The number of methoxy groups -OCH3 is 1. The lowest BCUT2D eigenvalue weighted by Gasteiger charge is -2.12. The van der Waals surface area contributed by atoms with Gasteiger partial charge in [0.1, 0.15) is 6.04 Å². The highest BCUT2D eigenvalue weighted by Crippen LogP contribution is 2.21. The van der Waals surface area contributed by atoms with Crippen molar-refractivity contribution in [1.82, 2.24) is 0 Å². The molecular weight excluding hydrogens is 246 g/mol. The molecule has 1 aromatic carbocycles. The number of carboxylic acid groups (broad SMARTS) is 1. The molecule has 0 heterocycles. The van der Waals surface area contributed by atoms with E-state index < -0.39 is 18.0 Å². The second kappa shape index (κ2) is 5.65. The summed E-state index contributed by atoms with van der Waals surface area (Å²) in [7, 11) is 1.22. The summed E-state index contributed by atoms with van der Waals surface area (Å²) in [5.74, 6) is -1.75. The summed E-state index contributed by atoms with van der Waals surface area (Å²) in [4.78, 5) is 22.2. The van der Waals surface area contributed by atoms with Gasteiger partial charge in [-0.1, -0.05) is 23.7 Å². The standard InChI is InChI=1S/C11H12ClNO4/c1-17-11(16)8(13)5-6-3-2-4-7(12)9(6)10(14)15/h2-4,8H,5,13H2,1H3,(H,14,15)/t8-/m1/s1. The van der Waals surface area contributed by atoms with Crippen LogP contribution in [0.15, 0.2) is 18.2 Å². The minimum Gasteiger partial charge on any atom is -0.478 e. The second-order valence-corrected chi connectivity index (χ2v) is 3.82. The van der Waals surface area contributed by atoms with Gasteiger partial charge in [-0.05, 0) is 18.1 Å². The Balaban J connectivity index is 3.02. The smallest absolute Gasteiger partial charge is 0.337 e. The summed E-state index contributed by atoms with van der Waals surface area (Å²) < 4.78 is 4.47. The molecule has 1 atom stereocenters. The molecule has 17 heavy (non-hydrogen) atoms. The Labute approximate surface area is 103 Å². The van der Waals surface area contributed by atoms with Crippen molar-refractivity contribution < 1.29 is 19.4 Å². The monoisotopic (exact) mass is 257 g/mol. The maximum atomic E-state index is 11.2. The van der Waals surface area contributed by atoms with E-state index in [1.54, 1.807) is 12.1 Å². The van der Waals surface area contributed by atoms with Crippen LogP contribution in [0.5, 0.6) is 0 Å². The van der Waals surface area contributed by atoms with Gasteiger partial charge in [0.15, 0.2) is 0 Å². The largest absolute Gasteiger partial charge is 0.478 e. The highest BCUT2D eigenvalue weighted by Gasteiger charge is 2.20. The van der Waals surface area contributed by atoms with E-state index in [4.69, 9.17) is 22.4 Å². The van der Waals surface area contributed by atoms with Gasteiger partial charge >= 0.3 is 11.9 Å². The van der Waals surface area contributed by atoms with Crippen LogP contribution in [-0.4, -0.2) is 30.2 Å². The number of benzene rings is 1. The van der Waals surface area contributed by atoms with Crippen molar-refractivity contribution in [2.75, 3.05) is 7.11 Å². The number of ether oxygens (including phenoxy) is 1. The number of esters is 1. The molecule has 0 bridgehead atoms. The predicted molar refractivity (Wildman–Crippen MR) is 62.1 cm³/mol. The molecule has 92 valence electrons. The first-order valence-corrected chi connectivity index (χ1v) is 5.19. The number of nitrogens with two attached hydrogens (primary N) is 1. The van der Waals surface area contributed by atoms with E-state index in [2.05, 4.69) is 4.74 Å². The maximum Gasteiger partial charge on any atom is 0.337 e. The zero-order valence-electron chi connectivity index (χ0n) is 9.14. The van der Waals surface area contributed by atoms with Gasteiger partial charge in [0, 0.05) is 0 Å². The molecule has 0 saturated carbocycles. The first kappa shape index (κ1) is 13.5. The van der Waals surface area contributed by atoms with Crippen molar-refractivity contribution in [2.24, 2.45) is 5.73 Å². The van der Waals surface area contributed by atoms with E-state index in [0.29, 0.717) is 5.56 Å². The molecule has 0 aliphatic heterocycles. The quantitative estimate of drug-likeness (QED) is 0.788. The number of carbonyl (C=O) groups excluding carboxylic acids is 1. The topological polar surface area (TPSA) is 89.6 Å². The van der Waals surface area contributed by atoms with Crippen LogP contribution in [0.2, 0.25) is 5.02 Å². The van der Waals surface area contributed by atoms with E-state index >= 15 is 0 Å². The van der Waals surface area contributed by atoms with Crippen molar-refractivity contribution in [1.29, 1.82) is 0 Å². The molecule has 0 amide bonds. The number of hydrogen-bond acceptors (Lipinski definition) is 4. The van der Waals surface area contributed by atoms with Gasteiger partial charge in [-0.2, -0.15) is 0 Å². The van der Waals surface area contributed by atoms with Crippen LogP contribution in [0.1, 0.15) is 15.9 Å². The van der Waals surface area contributed by atoms with Crippen molar-refractivity contribution in [3.05, 3.63) is 34.3 Å². The minimum absolute atomic E-state index is 0.0338. The van der Waals surface area contributed by atoms with Crippen molar-refractivity contribution in [2.45, 2.75) is 12.5 Å². The SMILES string of the molecule is COC(=O)[C@H](N)Cc1cccc(Cl)c1C(=O)O. The minimum atomic E-state index is -1.15. The number of hydrogen-bond donors (Lipinski definition) is 2. The fourth-order valence-corrected chi connectivity index (χ4v) is 1.72. The van der Waals surface area contributed by atoms with Crippen LogP contribution in [0.3, 0.4) is 0 Å². The molecule has 0 fully saturated rings. The predicted octanol–water partition coefficient (Wildman–Crippen LogP) is 1.08. The van der Waals surface area contributed by atoms with E-state index in [1.807, 2.05) is 0 Å². The third-order valence-corrected chi connectivity index (χ3v) is 2.57. The Morgan fingerprint density at radius 1 is 1.53 bits per heavy atom. The summed E-state index contributed by atoms with van der Waals surface area (Å²) in [6.45, 7) is 0. The normalized spacial score (nSPS) is 11.9. The third kappa shape index (κ3) is 3.18. The lowest BCUT2D eigenvalue weighted by atomic mass is 10.0. The van der Waals surface area contributed by atoms with E-state index in [1.165, 1.54) is 13.2 Å². The summed E-state index contributed by atoms with van der Waals surface area (Å²) >= 11 is 5.78. The van der Waals surface area contributed by atoms with Gasteiger partial charge in [-0.15, -0.1) is 0 Å². The van der Waals surface area contributed by atoms with E-state index in [0.717, 1.165) is 0 Å². The van der Waals surface area contributed by atoms with Gasteiger partial charge in [-0.3, -0.25) is 4.79 Å². The first-order chi connectivity index (χ1) is 7.97. The number of aromatic carboxylic acids is 1. The average Bonchev–Trinajstić information content (AvgIpc) is 2.27. The molecule has 0 aliphatic carbocycles. The van der Waals surface area contributed by atoms with Crippen molar-refractivity contribution >= 4 is 23.5 Å². The molecule has 1 aromatic rings. The van der Waals surface area contributed by atoms with Crippen LogP contribution in [0, 0.1) is 0 Å². The van der Waals surface area contributed by atoms with Crippen molar-refractivity contribution in [3.8, 4) is 0 Å². The van der Waals surface area contributed by atoms with Crippen LogP contribution in [0.4, 0.5) is 0 Å². The number of carboxylic acids is 1. The third-order valence-electron chi connectivity index (χ3n) is 2.26. The Bertz CT molecular complexity index is 447. The summed E-state index contributed by atoms with van der Waals surface area (Å²) in [5.41, 5.74) is 5.94. The molecule has 6 heteroatoms. The fourth-order valence-electron chi connectivity index (χ4n) is 1.45. The lowest BCUT2D eigenvalue weighted by Crippen LogP contribution is -2.34. The molecule has 0 radical (unpaired) electrons. The van der Waals surface area contributed by atoms with Gasteiger partial charge in [0.2, 0.25) is 0 Å². The van der Waals surface area contributed by atoms with Crippen molar-refractivity contribution in [3.63, 3.8) is 0 Å². The molecule has 1 rings (SSSR count). The Hall–Kier alpha value is -1.59. The zero-order valence-corrected chi connectivity index (χ0v) is 9.90. The second-order valence-electron chi connectivity index (χ2n) is 3.41. The Morgan fingerprint density at radius 2 is 2.18 bits per heavy atom. The molecular formula is C11H12ClNO4. The molecule has 0 aliphatic rings. The van der Waals surface area contributed by atoms with Gasteiger partial charge < -0.3 is 15.6 Å². The summed E-state index contributed by atoms with van der Waals surface area (Å²) in [5, 5.41) is 9.13. The Morgan fingerprint density at radius 3 is 2.71 bits per heavy atom. The van der Waals surface area contributed by atoms with E-state index in [-0.39, 0.29) is 17.0 Å². The molecule has 0 spiro atoms. The van der Waals surface area contributed by atoms with Gasteiger partial charge in [0.05, 0.1) is 17.7 Å². The summed E-state index contributed by atoms with van der Waals surface area (Å²) in [6, 6.07) is 3.74. The fraction of sp³-hybridized carbons (Fsp3) is 0.273. The Kier molecular flexibility index (Phi) is 4.48.